The van der Waals surface area contributed by atoms with E-state index in [0.29, 0.717) is 17.8 Å². The van der Waals surface area contributed by atoms with Gasteiger partial charge in [0, 0.05) is 12.6 Å². The van der Waals surface area contributed by atoms with Crippen molar-refractivity contribution in [3.05, 3.63) is 46.6 Å². The summed E-state index contributed by atoms with van der Waals surface area (Å²) in [6.07, 6.45) is -10.0. The number of nitrogens with zero attached hydrogens (tertiary/aromatic N) is 3. The van der Waals surface area contributed by atoms with Crippen molar-refractivity contribution < 1.29 is 45.1 Å². The molecule has 0 fully saturated rings. The SMILES string of the molecule is CC(C)C(NC(=O)Cn1c(-c2ccc(F)cc2)ncc(N(C)C(=O)C(F)(F)F)c1=O)C(=O)C(F)(F)F. The van der Waals surface area contributed by atoms with Gasteiger partial charge in [0.2, 0.25) is 5.91 Å². The molecule has 0 aliphatic rings. The van der Waals surface area contributed by atoms with E-state index in [1.807, 2.05) is 5.32 Å². The summed E-state index contributed by atoms with van der Waals surface area (Å²) >= 11 is 0. The summed E-state index contributed by atoms with van der Waals surface area (Å²) in [5.41, 5.74) is -2.21. The Balaban J connectivity index is 2.56. The van der Waals surface area contributed by atoms with Crippen LogP contribution in [-0.2, 0) is 20.9 Å². The topological polar surface area (TPSA) is 101 Å². The number of halogens is 7. The van der Waals surface area contributed by atoms with Gasteiger partial charge in [-0.3, -0.25) is 23.7 Å². The van der Waals surface area contributed by atoms with Crippen LogP contribution in [0.25, 0.3) is 11.4 Å². The van der Waals surface area contributed by atoms with Gasteiger partial charge in [0.15, 0.2) is 0 Å². The minimum atomic E-state index is -5.36. The normalized spacial score (nSPS) is 12.9. The molecule has 196 valence electrons. The number of hydrogen-bond acceptors (Lipinski definition) is 5. The Morgan fingerprint density at radius 2 is 1.58 bits per heavy atom. The summed E-state index contributed by atoms with van der Waals surface area (Å²) in [4.78, 5) is 52.6. The average molecular weight is 524 g/mol. The molecule has 36 heavy (non-hydrogen) atoms. The van der Waals surface area contributed by atoms with Crippen molar-refractivity contribution in [1.29, 1.82) is 0 Å². The Kier molecular flexibility index (Phi) is 8.26. The summed E-state index contributed by atoms with van der Waals surface area (Å²) in [7, 11) is 0.632. The predicted octanol–water partition coefficient (Wildman–Crippen LogP) is 2.85. The molecular formula is C21H19F7N4O4. The van der Waals surface area contributed by atoms with Crippen molar-refractivity contribution in [2.45, 2.75) is 38.8 Å². The predicted molar refractivity (Wildman–Crippen MR) is 111 cm³/mol. The second-order valence-corrected chi connectivity index (χ2v) is 7.88. The first kappa shape index (κ1) is 28.5. The van der Waals surface area contributed by atoms with Gasteiger partial charge in [0.25, 0.3) is 11.3 Å². The van der Waals surface area contributed by atoms with Crippen molar-refractivity contribution >= 4 is 23.3 Å². The molecule has 2 amide bonds. The number of aromatic nitrogens is 2. The second-order valence-electron chi connectivity index (χ2n) is 7.88. The molecular weight excluding hydrogens is 505 g/mol. The fourth-order valence-corrected chi connectivity index (χ4v) is 3.06. The molecule has 2 rings (SSSR count). The van der Waals surface area contributed by atoms with E-state index < -0.39 is 65.5 Å². The number of anilines is 1. The molecule has 0 aliphatic carbocycles. The summed E-state index contributed by atoms with van der Waals surface area (Å²) in [6.45, 7) is 1.37. The van der Waals surface area contributed by atoms with Gasteiger partial charge in [-0.25, -0.2) is 9.37 Å². The van der Waals surface area contributed by atoms with Crippen molar-refractivity contribution in [2.24, 2.45) is 5.92 Å². The maximum absolute atomic E-state index is 13.3. The second kappa shape index (κ2) is 10.5. The smallest absolute Gasteiger partial charge is 0.344 e. The van der Waals surface area contributed by atoms with Crippen molar-refractivity contribution in [2.75, 3.05) is 11.9 Å². The number of benzene rings is 1. The Morgan fingerprint density at radius 1 is 1.03 bits per heavy atom. The molecule has 15 heteroatoms. The van der Waals surface area contributed by atoms with Crippen LogP contribution in [0.15, 0.2) is 35.3 Å². The lowest BCUT2D eigenvalue weighted by atomic mass is 9.99. The quantitative estimate of drug-likeness (QED) is 0.562. The van der Waals surface area contributed by atoms with E-state index >= 15 is 0 Å². The van der Waals surface area contributed by atoms with Crippen LogP contribution < -0.4 is 15.8 Å². The number of Topliss-reactive ketones (excluding diaryl/α,β-unsaturated/α-hetero) is 1. The highest BCUT2D eigenvalue weighted by Gasteiger charge is 2.45. The van der Waals surface area contributed by atoms with E-state index in [4.69, 9.17) is 0 Å². The number of amides is 2. The molecule has 1 unspecified atom stereocenters. The standard InChI is InChI=1S/C21H19F7N4O4/c1-10(2)15(16(34)20(23,24)25)30-14(33)9-32-17(11-4-6-12(22)7-5-11)29-8-13(18(32)35)31(3)19(36)21(26,27)28/h4-8,10,15H,9H2,1-3H3,(H,30,33). The van der Waals surface area contributed by atoms with Crippen LogP contribution in [-0.4, -0.2) is 52.6 Å². The van der Waals surface area contributed by atoms with Gasteiger partial charge < -0.3 is 10.2 Å². The first-order valence-corrected chi connectivity index (χ1v) is 10.1. The van der Waals surface area contributed by atoms with E-state index in [2.05, 4.69) is 4.98 Å². The Labute approximate surface area is 198 Å². The van der Waals surface area contributed by atoms with E-state index in [9.17, 15) is 49.9 Å². The maximum Gasteiger partial charge on any atom is 0.471 e. The molecule has 0 bridgehead atoms. The van der Waals surface area contributed by atoms with Crippen LogP contribution in [0.3, 0.4) is 0 Å². The minimum absolute atomic E-state index is 0.0180. The molecule has 0 saturated carbocycles. The molecule has 0 saturated heterocycles. The third-order valence-electron chi connectivity index (χ3n) is 4.89. The Morgan fingerprint density at radius 3 is 2.06 bits per heavy atom. The lowest BCUT2D eigenvalue weighted by Crippen LogP contribution is -2.51. The van der Waals surface area contributed by atoms with E-state index in [-0.39, 0.29) is 16.3 Å². The van der Waals surface area contributed by atoms with Gasteiger partial charge in [0.05, 0.1) is 12.2 Å². The number of rotatable bonds is 7. The number of hydrogen-bond donors (Lipinski definition) is 1. The summed E-state index contributed by atoms with van der Waals surface area (Å²) in [5, 5.41) is 1.87. The minimum Gasteiger partial charge on any atom is -0.344 e. The highest BCUT2D eigenvalue weighted by atomic mass is 19.4. The monoisotopic (exact) mass is 524 g/mol. The van der Waals surface area contributed by atoms with Crippen LogP contribution in [0.2, 0.25) is 0 Å². The zero-order valence-electron chi connectivity index (χ0n) is 18.9. The van der Waals surface area contributed by atoms with Crippen molar-refractivity contribution in [1.82, 2.24) is 14.9 Å². The summed E-state index contributed by atoms with van der Waals surface area (Å²) in [6, 6.07) is 2.14. The molecule has 0 spiro atoms. The molecule has 1 aromatic carbocycles. The van der Waals surface area contributed by atoms with Crippen molar-refractivity contribution in [3.63, 3.8) is 0 Å². The van der Waals surface area contributed by atoms with Gasteiger partial charge in [-0.15, -0.1) is 0 Å². The largest absolute Gasteiger partial charge is 0.471 e. The average Bonchev–Trinajstić information content (AvgIpc) is 2.76. The molecule has 1 aromatic heterocycles. The van der Waals surface area contributed by atoms with Gasteiger partial charge in [-0.1, -0.05) is 13.8 Å². The number of ketones is 1. The van der Waals surface area contributed by atoms with Crippen molar-refractivity contribution in [3.8, 4) is 11.4 Å². The lowest BCUT2D eigenvalue weighted by Gasteiger charge is -2.23. The number of carbonyl (C=O) groups excluding carboxylic acids is 3. The zero-order chi connectivity index (χ0) is 27.6. The zero-order valence-corrected chi connectivity index (χ0v) is 18.9. The van der Waals surface area contributed by atoms with Crippen LogP contribution >= 0.6 is 0 Å². The molecule has 8 nitrogen and oxygen atoms in total. The van der Waals surface area contributed by atoms with Gasteiger partial charge in [-0.05, 0) is 30.2 Å². The van der Waals surface area contributed by atoms with Gasteiger partial charge >= 0.3 is 18.3 Å². The number of nitrogens with one attached hydrogen (secondary N) is 1. The first-order chi connectivity index (χ1) is 16.4. The molecule has 1 N–H and O–H groups in total. The van der Waals surface area contributed by atoms with Crippen LogP contribution in [0.4, 0.5) is 36.4 Å². The Bertz CT molecular complexity index is 1200. The molecule has 0 radical (unpaired) electrons. The fourth-order valence-electron chi connectivity index (χ4n) is 3.06. The number of carbonyl (C=O) groups is 3. The number of alkyl halides is 6. The van der Waals surface area contributed by atoms with E-state index in [1.54, 1.807) is 0 Å². The molecule has 1 atom stereocenters. The summed E-state index contributed by atoms with van der Waals surface area (Å²) in [5.74, 6) is -8.03. The van der Waals surface area contributed by atoms with Crippen LogP contribution in [0.1, 0.15) is 13.8 Å². The highest BCUT2D eigenvalue weighted by molar-refractivity contribution is 5.96. The highest BCUT2D eigenvalue weighted by Crippen LogP contribution is 2.23. The Hall–Kier alpha value is -3.78. The first-order valence-electron chi connectivity index (χ1n) is 10.1. The summed E-state index contributed by atoms with van der Waals surface area (Å²) < 4.78 is 91.1. The molecule has 1 heterocycles. The van der Waals surface area contributed by atoms with Gasteiger partial charge in [0.1, 0.15) is 23.9 Å². The maximum atomic E-state index is 13.3. The van der Waals surface area contributed by atoms with Crippen LogP contribution in [0.5, 0.6) is 0 Å². The molecule has 0 aliphatic heterocycles. The van der Waals surface area contributed by atoms with E-state index in [1.165, 1.54) is 13.8 Å². The van der Waals surface area contributed by atoms with E-state index in [0.717, 1.165) is 24.3 Å². The third-order valence-corrected chi connectivity index (χ3v) is 4.89. The van der Waals surface area contributed by atoms with Crippen LogP contribution in [0, 0.1) is 11.7 Å². The fraction of sp³-hybridized carbons (Fsp3) is 0.381. The third kappa shape index (κ3) is 6.46. The molecule has 2 aromatic rings. The van der Waals surface area contributed by atoms with Gasteiger partial charge in [-0.2, -0.15) is 26.3 Å². The lowest BCUT2D eigenvalue weighted by molar-refractivity contribution is -0.174.